The van der Waals surface area contributed by atoms with Crippen LogP contribution in [0.1, 0.15) is 21.5 Å². The molecule has 0 atom stereocenters. The molecule has 0 aliphatic rings. The summed E-state index contributed by atoms with van der Waals surface area (Å²) in [7, 11) is 1.06. The van der Waals surface area contributed by atoms with Crippen molar-refractivity contribution in [1.82, 2.24) is 0 Å². The largest absolute Gasteiger partial charge is 0.465 e. The van der Waals surface area contributed by atoms with E-state index in [-0.39, 0.29) is 16.7 Å². The molecule has 0 aromatic heterocycles. The van der Waals surface area contributed by atoms with Gasteiger partial charge in [-0.25, -0.2) is 4.79 Å². The van der Waals surface area contributed by atoms with Crippen LogP contribution in [0, 0.1) is 21.4 Å². The molecule has 1 aromatic carbocycles. The van der Waals surface area contributed by atoms with Gasteiger partial charge < -0.3 is 9.84 Å². The summed E-state index contributed by atoms with van der Waals surface area (Å²) >= 11 is 0. The van der Waals surface area contributed by atoms with E-state index >= 15 is 0 Å². The summed E-state index contributed by atoms with van der Waals surface area (Å²) in [5.41, 5.74) is -0.994. The van der Waals surface area contributed by atoms with E-state index < -0.39 is 23.2 Å². The van der Waals surface area contributed by atoms with E-state index in [2.05, 4.69) is 4.74 Å². The molecule has 7 nitrogen and oxygen atoms in total. The summed E-state index contributed by atoms with van der Waals surface area (Å²) < 4.78 is 4.41. The van der Waals surface area contributed by atoms with Crippen LogP contribution in [0.5, 0.6) is 0 Å². The fourth-order valence-electron chi connectivity index (χ4n) is 1.39. The Kier molecular flexibility index (Phi) is 3.74. The van der Waals surface area contributed by atoms with Crippen LogP contribution in [0.2, 0.25) is 0 Å². The summed E-state index contributed by atoms with van der Waals surface area (Å²) in [5, 5.41) is 28.6. The lowest BCUT2D eigenvalue weighted by Gasteiger charge is -2.07. The van der Waals surface area contributed by atoms with Gasteiger partial charge in [0, 0.05) is 11.6 Å². The molecule has 88 valence electrons. The van der Waals surface area contributed by atoms with Crippen molar-refractivity contribution in [2.75, 3.05) is 7.11 Å². The number of nitrogens with zero attached hydrogens (tertiary/aromatic N) is 2. The highest BCUT2D eigenvalue weighted by atomic mass is 16.6. The lowest BCUT2D eigenvalue weighted by Crippen LogP contribution is -2.11. The third-order valence-corrected chi connectivity index (χ3v) is 2.16. The highest BCUT2D eigenvalue weighted by Gasteiger charge is 2.26. The first kappa shape index (κ1) is 12.6. The number of nitro groups is 1. The van der Waals surface area contributed by atoms with Gasteiger partial charge in [0.05, 0.1) is 30.3 Å². The van der Waals surface area contributed by atoms with E-state index in [0.717, 1.165) is 13.2 Å². The maximum Gasteiger partial charge on any atom is 0.345 e. The van der Waals surface area contributed by atoms with Crippen molar-refractivity contribution in [2.24, 2.45) is 0 Å². The van der Waals surface area contributed by atoms with E-state index in [1.807, 2.05) is 0 Å². The van der Waals surface area contributed by atoms with Crippen LogP contribution in [0.3, 0.4) is 0 Å². The molecule has 1 aromatic rings. The third kappa shape index (κ3) is 2.21. The summed E-state index contributed by atoms with van der Waals surface area (Å²) in [6.45, 7) is -0.658. The van der Waals surface area contributed by atoms with E-state index in [0.29, 0.717) is 0 Å². The number of esters is 1. The first-order valence-corrected chi connectivity index (χ1v) is 4.46. The molecule has 0 aliphatic carbocycles. The van der Waals surface area contributed by atoms with Crippen molar-refractivity contribution in [3.05, 3.63) is 38.9 Å². The Morgan fingerprint density at radius 2 is 2.29 bits per heavy atom. The molecular formula is C10H8N2O5. The van der Waals surface area contributed by atoms with Crippen LogP contribution < -0.4 is 0 Å². The number of nitro benzene ring substituents is 1. The van der Waals surface area contributed by atoms with Crippen molar-refractivity contribution < 1.29 is 19.6 Å². The van der Waals surface area contributed by atoms with Gasteiger partial charge in [-0.1, -0.05) is 0 Å². The third-order valence-electron chi connectivity index (χ3n) is 2.16. The summed E-state index contributed by atoms with van der Waals surface area (Å²) in [4.78, 5) is 21.4. The second-order valence-electron chi connectivity index (χ2n) is 3.00. The number of benzene rings is 1. The Hall–Kier alpha value is -2.46. The molecule has 0 fully saturated rings. The SMILES string of the molecule is COC(=O)c1c([N+](=O)[O-])ccc(C#N)c1CO. The van der Waals surface area contributed by atoms with Gasteiger partial charge >= 0.3 is 5.97 Å². The minimum Gasteiger partial charge on any atom is -0.465 e. The van der Waals surface area contributed by atoms with Crippen LogP contribution in [-0.2, 0) is 11.3 Å². The first-order valence-electron chi connectivity index (χ1n) is 4.46. The molecule has 17 heavy (non-hydrogen) atoms. The molecule has 0 radical (unpaired) electrons. The van der Waals surface area contributed by atoms with E-state index in [9.17, 15) is 14.9 Å². The summed E-state index contributed by atoms with van der Waals surface area (Å²) in [6.07, 6.45) is 0. The summed E-state index contributed by atoms with van der Waals surface area (Å²) in [6, 6.07) is 3.95. The van der Waals surface area contributed by atoms with Crippen molar-refractivity contribution in [3.8, 4) is 6.07 Å². The van der Waals surface area contributed by atoms with Gasteiger partial charge in [-0.2, -0.15) is 5.26 Å². The number of methoxy groups -OCH3 is 1. The molecule has 0 heterocycles. The fourth-order valence-corrected chi connectivity index (χ4v) is 1.39. The number of hydrogen-bond donors (Lipinski definition) is 1. The van der Waals surface area contributed by atoms with Gasteiger partial charge in [0.1, 0.15) is 5.56 Å². The maximum atomic E-state index is 11.4. The molecule has 0 unspecified atom stereocenters. The molecule has 0 spiro atoms. The molecule has 0 aliphatic heterocycles. The standard InChI is InChI=1S/C10H8N2O5/c1-17-10(14)9-7(5-13)6(4-11)2-3-8(9)12(15)16/h2-3,13H,5H2,1H3. The zero-order chi connectivity index (χ0) is 13.0. The maximum absolute atomic E-state index is 11.4. The van der Waals surface area contributed by atoms with E-state index in [1.54, 1.807) is 6.07 Å². The Morgan fingerprint density at radius 1 is 1.65 bits per heavy atom. The molecule has 1 rings (SSSR count). The van der Waals surface area contributed by atoms with Crippen LogP contribution in [0.4, 0.5) is 5.69 Å². The molecule has 0 saturated carbocycles. The highest BCUT2D eigenvalue weighted by Crippen LogP contribution is 2.26. The molecular weight excluding hydrogens is 228 g/mol. The molecule has 0 amide bonds. The summed E-state index contributed by atoms with van der Waals surface area (Å²) in [5.74, 6) is -0.960. The Morgan fingerprint density at radius 3 is 2.71 bits per heavy atom. The van der Waals surface area contributed by atoms with E-state index in [4.69, 9.17) is 10.4 Å². The van der Waals surface area contributed by atoms with E-state index in [1.165, 1.54) is 6.07 Å². The molecule has 1 N–H and O–H groups in total. The minimum atomic E-state index is -0.960. The Bertz CT molecular complexity index is 518. The lowest BCUT2D eigenvalue weighted by molar-refractivity contribution is -0.385. The van der Waals surface area contributed by atoms with Crippen molar-refractivity contribution in [2.45, 2.75) is 6.61 Å². The number of rotatable bonds is 3. The number of ether oxygens (including phenoxy) is 1. The molecule has 0 saturated heterocycles. The molecule has 0 bridgehead atoms. The second kappa shape index (κ2) is 5.05. The quantitative estimate of drug-likeness (QED) is 0.470. The number of aliphatic hydroxyl groups excluding tert-OH is 1. The van der Waals surface area contributed by atoms with Gasteiger partial charge in [0.15, 0.2) is 0 Å². The van der Waals surface area contributed by atoms with Gasteiger partial charge in [-0.3, -0.25) is 10.1 Å². The zero-order valence-corrected chi connectivity index (χ0v) is 8.84. The number of nitriles is 1. The minimum absolute atomic E-state index is 0.00139. The Balaban J connectivity index is 3.63. The first-order chi connectivity index (χ1) is 8.06. The second-order valence-corrected chi connectivity index (χ2v) is 3.00. The average molecular weight is 236 g/mol. The van der Waals surface area contributed by atoms with Gasteiger partial charge in [0.25, 0.3) is 5.69 Å². The Labute approximate surface area is 96.0 Å². The van der Waals surface area contributed by atoms with Crippen LogP contribution in [0.25, 0.3) is 0 Å². The molecule has 7 heteroatoms. The van der Waals surface area contributed by atoms with Gasteiger partial charge in [0.2, 0.25) is 0 Å². The van der Waals surface area contributed by atoms with Crippen molar-refractivity contribution in [1.29, 1.82) is 5.26 Å². The fraction of sp³-hybridized carbons (Fsp3) is 0.200. The van der Waals surface area contributed by atoms with Crippen LogP contribution in [-0.4, -0.2) is 23.1 Å². The number of carbonyl (C=O) groups excluding carboxylic acids is 1. The average Bonchev–Trinajstić information content (AvgIpc) is 2.35. The smallest absolute Gasteiger partial charge is 0.345 e. The number of hydrogen-bond acceptors (Lipinski definition) is 6. The van der Waals surface area contributed by atoms with Crippen LogP contribution in [0.15, 0.2) is 12.1 Å². The normalized spacial score (nSPS) is 9.47. The van der Waals surface area contributed by atoms with Crippen LogP contribution >= 0.6 is 0 Å². The monoisotopic (exact) mass is 236 g/mol. The predicted molar refractivity (Wildman–Crippen MR) is 55.1 cm³/mol. The zero-order valence-electron chi connectivity index (χ0n) is 8.84. The highest BCUT2D eigenvalue weighted by molar-refractivity contribution is 5.96. The van der Waals surface area contributed by atoms with Crippen molar-refractivity contribution in [3.63, 3.8) is 0 Å². The topological polar surface area (TPSA) is 113 Å². The van der Waals surface area contributed by atoms with Crippen molar-refractivity contribution >= 4 is 11.7 Å². The van der Waals surface area contributed by atoms with Gasteiger partial charge in [-0.15, -0.1) is 0 Å². The predicted octanol–water partition coefficient (Wildman–Crippen LogP) is 0.745. The number of aliphatic hydroxyl groups is 1. The lowest BCUT2D eigenvalue weighted by atomic mass is 10.0. The van der Waals surface area contributed by atoms with Gasteiger partial charge in [-0.05, 0) is 6.07 Å². The number of carbonyl (C=O) groups is 1.